The van der Waals surface area contributed by atoms with Gasteiger partial charge in [0.1, 0.15) is 0 Å². The number of aryl methyl sites for hydroxylation is 2. The van der Waals surface area contributed by atoms with Gasteiger partial charge in [-0.15, -0.1) is 0 Å². The van der Waals surface area contributed by atoms with Gasteiger partial charge in [-0.2, -0.15) is 5.10 Å². The molecule has 1 aromatic heterocycles. The van der Waals surface area contributed by atoms with Crippen LogP contribution in [0.25, 0.3) is 0 Å². The Morgan fingerprint density at radius 3 is 2.62 bits per heavy atom. The predicted octanol–water partition coefficient (Wildman–Crippen LogP) is 2.37. The molecule has 1 fully saturated rings. The maximum absolute atomic E-state index is 12.7. The van der Waals surface area contributed by atoms with Gasteiger partial charge in [0.2, 0.25) is 5.91 Å². The van der Waals surface area contributed by atoms with Gasteiger partial charge in [0.15, 0.2) is 0 Å². The number of carboxylic acids is 1. The third kappa shape index (κ3) is 3.62. The molecule has 0 aliphatic heterocycles. The van der Waals surface area contributed by atoms with E-state index < -0.39 is 17.4 Å². The molecule has 1 amide bonds. The molecule has 0 saturated heterocycles. The number of rotatable bonds is 5. The lowest BCUT2D eigenvalue weighted by Gasteiger charge is -2.40. The summed E-state index contributed by atoms with van der Waals surface area (Å²) in [6.07, 6.45) is 3.82. The highest BCUT2D eigenvalue weighted by atomic mass is 16.4. The van der Waals surface area contributed by atoms with Crippen LogP contribution < -0.4 is 5.32 Å². The highest BCUT2D eigenvalue weighted by molar-refractivity contribution is 5.81. The molecule has 1 aromatic rings. The molecule has 1 saturated carbocycles. The van der Waals surface area contributed by atoms with Gasteiger partial charge >= 0.3 is 5.97 Å². The third-order valence-electron chi connectivity index (χ3n) is 5.53. The minimum Gasteiger partial charge on any atom is -0.481 e. The summed E-state index contributed by atoms with van der Waals surface area (Å²) < 4.78 is 1.83. The lowest BCUT2D eigenvalue weighted by molar-refractivity contribution is -0.147. The van der Waals surface area contributed by atoms with Crippen molar-refractivity contribution < 1.29 is 14.7 Å². The number of aromatic nitrogens is 2. The number of carbonyl (C=O) groups is 2. The molecule has 0 radical (unpaired) electrons. The van der Waals surface area contributed by atoms with Crippen LogP contribution in [0.3, 0.4) is 0 Å². The van der Waals surface area contributed by atoms with E-state index in [4.69, 9.17) is 0 Å². The maximum Gasteiger partial charge on any atom is 0.308 e. The van der Waals surface area contributed by atoms with E-state index in [0.29, 0.717) is 19.3 Å². The standard InChI is InChI=1S/C18H29N3O3/c1-11(10-14-12(2)20-21(5)13(14)3)16(22)19-18(4)9-7-6-8-15(18)17(23)24/h11,15H,6-10H2,1-5H3,(H,19,22)(H,23,24). The van der Waals surface area contributed by atoms with Crippen molar-refractivity contribution in [1.82, 2.24) is 15.1 Å². The Bertz CT molecular complexity index is 638. The van der Waals surface area contributed by atoms with Gasteiger partial charge in [-0.25, -0.2) is 0 Å². The molecular formula is C18H29N3O3. The summed E-state index contributed by atoms with van der Waals surface area (Å²) in [6.45, 7) is 7.72. The molecule has 134 valence electrons. The van der Waals surface area contributed by atoms with Crippen molar-refractivity contribution in [3.63, 3.8) is 0 Å². The molecule has 2 rings (SSSR count). The molecule has 6 heteroatoms. The first-order chi connectivity index (χ1) is 11.2. The first kappa shape index (κ1) is 18.5. The van der Waals surface area contributed by atoms with Crippen molar-refractivity contribution >= 4 is 11.9 Å². The lowest BCUT2D eigenvalue weighted by Crippen LogP contribution is -2.56. The summed E-state index contributed by atoms with van der Waals surface area (Å²) in [6, 6.07) is 0. The number of aliphatic carboxylic acids is 1. The fraction of sp³-hybridized carbons (Fsp3) is 0.722. The molecule has 3 unspecified atom stereocenters. The van der Waals surface area contributed by atoms with E-state index in [1.807, 2.05) is 39.4 Å². The smallest absolute Gasteiger partial charge is 0.308 e. The number of hydrogen-bond acceptors (Lipinski definition) is 3. The summed E-state index contributed by atoms with van der Waals surface area (Å²) in [4.78, 5) is 24.2. The Balaban J connectivity index is 2.09. The molecule has 0 spiro atoms. The SMILES string of the molecule is Cc1nn(C)c(C)c1CC(C)C(=O)NC1(C)CCCCC1C(=O)O. The molecule has 3 atom stereocenters. The van der Waals surface area contributed by atoms with Crippen molar-refractivity contribution in [2.24, 2.45) is 18.9 Å². The Kier molecular flexibility index (Phi) is 5.35. The van der Waals surface area contributed by atoms with Crippen LogP contribution in [-0.4, -0.2) is 32.3 Å². The van der Waals surface area contributed by atoms with Gasteiger partial charge in [-0.1, -0.05) is 19.8 Å². The molecule has 0 bridgehead atoms. The zero-order valence-electron chi connectivity index (χ0n) is 15.3. The van der Waals surface area contributed by atoms with Crippen molar-refractivity contribution in [2.45, 2.75) is 65.3 Å². The zero-order valence-corrected chi connectivity index (χ0v) is 15.3. The summed E-state index contributed by atoms with van der Waals surface area (Å²) in [5, 5.41) is 16.9. The average molecular weight is 335 g/mol. The Morgan fingerprint density at radius 1 is 1.42 bits per heavy atom. The summed E-state index contributed by atoms with van der Waals surface area (Å²) in [5.74, 6) is -1.62. The van der Waals surface area contributed by atoms with Gasteiger partial charge < -0.3 is 10.4 Å². The molecule has 6 nitrogen and oxygen atoms in total. The van der Waals surface area contributed by atoms with Gasteiger partial charge in [0.05, 0.1) is 17.2 Å². The monoisotopic (exact) mass is 335 g/mol. The second-order valence-electron chi connectivity index (χ2n) is 7.42. The first-order valence-corrected chi connectivity index (χ1v) is 8.69. The van der Waals surface area contributed by atoms with Crippen LogP contribution in [0.15, 0.2) is 0 Å². The second kappa shape index (κ2) is 6.95. The van der Waals surface area contributed by atoms with Gasteiger partial charge in [0, 0.05) is 18.7 Å². The summed E-state index contributed by atoms with van der Waals surface area (Å²) >= 11 is 0. The number of nitrogens with zero attached hydrogens (tertiary/aromatic N) is 2. The topological polar surface area (TPSA) is 84.2 Å². The van der Waals surface area contributed by atoms with E-state index >= 15 is 0 Å². The molecule has 1 heterocycles. The number of carboxylic acid groups (broad SMARTS) is 1. The van der Waals surface area contributed by atoms with Crippen LogP contribution >= 0.6 is 0 Å². The molecule has 1 aliphatic carbocycles. The quantitative estimate of drug-likeness (QED) is 0.865. The zero-order chi connectivity index (χ0) is 18.1. The van der Waals surface area contributed by atoms with E-state index in [2.05, 4.69) is 10.4 Å². The second-order valence-corrected chi connectivity index (χ2v) is 7.42. The Hall–Kier alpha value is -1.85. The maximum atomic E-state index is 12.7. The molecular weight excluding hydrogens is 306 g/mol. The van der Waals surface area contributed by atoms with Crippen LogP contribution in [0.2, 0.25) is 0 Å². The molecule has 24 heavy (non-hydrogen) atoms. The lowest BCUT2D eigenvalue weighted by atomic mass is 9.73. The van der Waals surface area contributed by atoms with Crippen LogP contribution in [0.1, 0.15) is 56.5 Å². The van der Waals surface area contributed by atoms with Gasteiger partial charge in [0.25, 0.3) is 0 Å². The average Bonchev–Trinajstić information content (AvgIpc) is 2.73. The van der Waals surface area contributed by atoms with Crippen LogP contribution in [-0.2, 0) is 23.1 Å². The number of nitrogens with one attached hydrogen (secondary N) is 1. The third-order valence-corrected chi connectivity index (χ3v) is 5.53. The van der Waals surface area contributed by atoms with Crippen molar-refractivity contribution in [2.75, 3.05) is 0 Å². The molecule has 0 aromatic carbocycles. The predicted molar refractivity (Wildman–Crippen MR) is 91.7 cm³/mol. The first-order valence-electron chi connectivity index (χ1n) is 8.69. The fourth-order valence-electron chi connectivity index (χ4n) is 3.80. The molecule has 1 aliphatic rings. The fourth-order valence-corrected chi connectivity index (χ4v) is 3.80. The van der Waals surface area contributed by atoms with Crippen LogP contribution in [0.5, 0.6) is 0 Å². The van der Waals surface area contributed by atoms with Crippen molar-refractivity contribution in [1.29, 1.82) is 0 Å². The highest BCUT2D eigenvalue weighted by Crippen LogP contribution is 2.34. The van der Waals surface area contributed by atoms with E-state index in [1.165, 1.54) is 0 Å². The number of hydrogen-bond donors (Lipinski definition) is 2. The van der Waals surface area contributed by atoms with Gasteiger partial charge in [-0.05, 0) is 45.6 Å². The number of amides is 1. The normalized spacial score (nSPS) is 25.3. The largest absolute Gasteiger partial charge is 0.481 e. The molecule has 2 N–H and O–H groups in total. The summed E-state index contributed by atoms with van der Waals surface area (Å²) in [5.41, 5.74) is 2.46. The Morgan fingerprint density at radius 2 is 2.08 bits per heavy atom. The minimum atomic E-state index is -0.816. The summed E-state index contributed by atoms with van der Waals surface area (Å²) in [7, 11) is 1.90. The van der Waals surface area contributed by atoms with Crippen LogP contribution in [0, 0.1) is 25.7 Å². The van der Waals surface area contributed by atoms with E-state index in [0.717, 1.165) is 29.8 Å². The van der Waals surface area contributed by atoms with E-state index in [1.54, 1.807) is 0 Å². The van der Waals surface area contributed by atoms with Crippen LogP contribution in [0.4, 0.5) is 0 Å². The van der Waals surface area contributed by atoms with Crippen molar-refractivity contribution in [3.05, 3.63) is 17.0 Å². The number of carbonyl (C=O) groups excluding carboxylic acids is 1. The highest BCUT2D eigenvalue weighted by Gasteiger charge is 2.42. The Labute approximate surface area is 143 Å². The van der Waals surface area contributed by atoms with Gasteiger partial charge in [-0.3, -0.25) is 14.3 Å². The van der Waals surface area contributed by atoms with E-state index in [9.17, 15) is 14.7 Å². The van der Waals surface area contributed by atoms with Crippen molar-refractivity contribution in [3.8, 4) is 0 Å². The minimum absolute atomic E-state index is 0.0756. The van der Waals surface area contributed by atoms with E-state index in [-0.39, 0.29) is 11.8 Å².